The van der Waals surface area contributed by atoms with Crippen LogP contribution in [0.2, 0.25) is 0 Å². The number of hydrogen-bond donors (Lipinski definition) is 2. The van der Waals surface area contributed by atoms with E-state index in [0.29, 0.717) is 4.47 Å². The van der Waals surface area contributed by atoms with Crippen LogP contribution in [0, 0.1) is 17.5 Å². The molecule has 0 aliphatic heterocycles. The number of esters is 1. The van der Waals surface area contributed by atoms with Crippen molar-refractivity contribution in [1.82, 2.24) is 5.32 Å². The van der Waals surface area contributed by atoms with Gasteiger partial charge in [-0.1, -0.05) is 0 Å². The van der Waals surface area contributed by atoms with Crippen molar-refractivity contribution in [1.29, 1.82) is 0 Å². The van der Waals surface area contributed by atoms with Gasteiger partial charge in [-0.25, -0.2) is 18.0 Å². The van der Waals surface area contributed by atoms with Crippen molar-refractivity contribution < 1.29 is 32.3 Å². The van der Waals surface area contributed by atoms with Crippen LogP contribution in [-0.4, -0.2) is 30.9 Å². The Morgan fingerprint density at radius 1 is 0.963 bits per heavy atom. The first-order valence-electron chi connectivity index (χ1n) is 7.40. The lowest BCUT2D eigenvalue weighted by Crippen LogP contribution is -2.35. The third-order valence-electron chi connectivity index (χ3n) is 3.13. The molecule has 0 aliphatic rings. The maximum atomic E-state index is 13.1. The maximum Gasteiger partial charge on any atom is 0.339 e. The number of hydrogen-bond acceptors (Lipinski definition) is 4. The summed E-state index contributed by atoms with van der Waals surface area (Å²) in [6.45, 7) is -1.18. The molecule has 0 atom stereocenters. The summed E-state index contributed by atoms with van der Waals surface area (Å²) in [5, 5.41) is 4.43. The second-order valence-corrected chi connectivity index (χ2v) is 6.01. The molecule has 0 unspecified atom stereocenters. The van der Waals surface area contributed by atoms with Gasteiger partial charge >= 0.3 is 5.97 Å². The average Bonchev–Trinajstić information content (AvgIpc) is 2.63. The molecule has 2 aromatic rings. The highest BCUT2D eigenvalue weighted by Crippen LogP contribution is 2.18. The highest BCUT2D eigenvalue weighted by Gasteiger charge is 2.15. The van der Waals surface area contributed by atoms with E-state index in [2.05, 4.69) is 26.6 Å². The smallest absolute Gasteiger partial charge is 0.339 e. The molecule has 10 heteroatoms. The summed E-state index contributed by atoms with van der Waals surface area (Å²) in [7, 11) is 0. The van der Waals surface area contributed by atoms with Crippen LogP contribution in [0.25, 0.3) is 0 Å². The lowest BCUT2D eigenvalue weighted by molar-refractivity contribution is -0.126. The molecule has 0 fully saturated rings. The predicted octanol–water partition coefficient (Wildman–Crippen LogP) is 2.78. The monoisotopic (exact) mass is 444 g/mol. The molecular weight excluding hydrogens is 433 g/mol. The summed E-state index contributed by atoms with van der Waals surface area (Å²) >= 11 is 3.06. The molecule has 2 aromatic carbocycles. The summed E-state index contributed by atoms with van der Waals surface area (Å²) in [4.78, 5) is 35.1. The molecule has 0 saturated carbocycles. The van der Waals surface area contributed by atoms with Crippen molar-refractivity contribution in [3.05, 3.63) is 63.9 Å². The number of anilines is 1. The number of halogens is 4. The van der Waals surface area contributed by atoms with Gasteiger partial charge in [0.2, 0.25) is 5.91 Å². The lowest BCUT2D eigenvalue weighted by atomic mass is 10.2. The third-order valence-corrected chi connectivity index (χ3v) is 3.82. The van der Waals surface area contributed by atoms with Crippen molar-refractivity contribution in [2.45, 2.75) is 0 Å². The van der Waals surface area contributed by atoms with E-state index in [1.807, 2.05) is 0 Å². The molecule has 142 valence electrons. The van der Waals surface area contributed by atoms with Crippen LogP contribution < -0.4 is 10.6 Å². The van der Waals surface area contributed by atoms with Crippen molar-refractivity contribution in [2.75, 3.05) is 18.5 Å². The quantitative estimate of drug-likeness (QED) is 0.670. The molecule has 2 amide bonds. The first-order valence-corrected chi connectivity index (χ1v) is 8.19. The fourth-order valence-electron chi connectivity index (χ4n) is 1.87. The van der Waals surface area contributed by atoms with Crippen LogP contribution in [0.15, 0.2) is 40.9 Å². The van der Waals surface area contributed by atoms with Gasteiger partial charge in [0.05, 0.1) is 12.1 Å². The Hall–Kier alpha value is -2.88. The zero-order chi connectivity index (χ0) is 20.0. The van der Waals surface area contributed by atoms with E-state index in [9.17, 15) is 27.6 Å². The lowest BCUT2D eigenvalue weighted by Gasteiger charge is -2.08. The third kappa shape index (κ3) is 6.10. The van der Waals surface area contributed by atoms with E-state index in [-0.39, 0.29) is 11.3 Å². The Morgan fingerprint density at radius 2 is 1.70 bits per heavy atom. The molecule has 0 aromatic heterocycles. The normalized spacial score (nSPS) is 10.2. The molecule has 0 saturated heterocycles. The zero-order valence-corrected chi connectivity index (χ0v) is 15.1. The number of nitrogens with one attached hydrogen (secondary N) is 2. The number of rotatable bonds is 6. The summed E-state index contributed by atoms with van der Waals surface area (Å²) in [6.07, 6.45) is 0. The number of amides is 2. The van der Waals surface area contributed by atoms with Gasteiger partial charge in [0.15, 0.2) is 18.2 Å². The Morgan fingerprint density at radius 3 is 2.41 bits per heavy atom. The standard InChI is InChI=1S/C17H12BrF3N2O4/c18-12-3-1-9(19)5-11(12)17(26)27-8-16(25)22-7-15(24)23-10-2-4-13(20)14(21)6-10/h1-6H,7-8H2,(H,22,25)(H,23,24). The molecule has 0 radical (unpaired) electrons. The Balaban J connectivity index is 1.78. The average molecular weight is 445 g/mol. The molecule has 0 spiro atoms. The van der Waals surface area contributed by atoms with Crippen molar-refractivity contribution in [3.63, 3.8) is 0 Å². The molecule has 2 rings (SSSR count). The van der Waals surface area contributed by atoms with Gasteiger partial charge in [-0.2, -0.15) is 0 Å². The van der Waals surface area contributed by atoms with Gasteiger partial charge in [-0.3, -0.25) is 9.59 Å². The molecular formula is C17H12BrF3N2O4. The number of carbonyl (C=O) groups is 3. The van der Waals surface area contributed by atoms with Gasteiger partial charge in [-0.15, -0.1) is 0 Å². The minimum absolute atomic E-state index is 0.00975. The van der Waals surface area contributed by atoms with Gasteiger partial charge < -0.3 is 15.4 Å². The first-order chi connectivity index (χ1) is 12.8. The molecule has 6 nitrogen and oxygen atoms in total. The van der Waals surface area contributed by atoms with Crippen molar-refractivity contribution >= 4 is 39.4 Å². The number of ether oxygens (including phenoxy) is 1. The number of carbonyl (C=O) groups excluding carboxylic acids is 3. The Kier molecular flexibility index (Phi) is 6.94. The van der Waals surface area contributed by atoms with Crippen LogP contribution in [0.3, 0.4) is 0 Å². The summed E-state index contributed by atoms with van der Waals surface area (Å²) in [5.74, 6) is -5.25. The summed E-state index contributed by atoms with van der Waals surface area (Å²) < 4.78 is 44.0. The first kappa shape index (κ1) is 20.4. The van der Waals surface area contributed by atoms with E-state index in [4.69, 9.17) is 4.74 Å². The molecule has 0 heterocycles. The molecule has 0 aliphatic carbocycles. The predicted molar refractivity (Wildman–Crippen MR) is 92.4 cm³/mol. The van der Waals surface area contributed by atoms with E-state index in [0.717, 1.165) is 30.3 Å². The number of benzene rings is 2. The highest BCUT2D eigenvalue weighted by molar-refractivity contribution is 9.10. The van der Waals surface area contributed by atoms with Crippen LogP contribution >= 0.6 is 15.9 Å². The second kappa shape index (κ2) is 9.17. The Labute approximate surface area is 159 Å². The Bertz CT molecular complexity index is 892. The van der Waals surface area contributed by atoms with Crippen LogP contribution in [-0.2, 0) is 14.3 Å². The van der Waals surface area contributed by atoms with Gasteiger partial charge in [0.25, 0.3) is 5.91 Å². The minimum Gasteiger partial charge on any atom is -0.452 e. The van der Waals surface area contributed by atoms with Crippen LogP contribution in [0.1, 0.15) is 10.4 Å². The minimum atomic E-state index is -1.13. The van der Waals surface area contributed by atoms with E-state index in [1.165, 1.54) is 6.07 Å². The largest absolute Gasteiger partial charge is 0.452 e. The summed E-state index contributed by atoms with van der Waals surface area (Å²) in [5.41, 5.74) is -0.0885. The second-order valence-electron chi connectivity index (χ2n) is 5.15. The van der Waals surface area contributed by atoms with E-state index < -0.39 is 48.4 Å². The maximum absolute atomic E-state index is 13.1. The van der Waals surface area contributed by atoms with Crippen molar-refractivity contribution in [3.8, 4) is 0 Å². The fraction of sp³-hybridized carbons (Fsp3) is 0.118. The highest BCUT2D eigenvalue weighted by atomic mass is 79.9. The summed E-state index contributed by atoms with van der Waals surface area (Å²) in [6, 6.07) is 6.17. The SMILES string of the molecule is O=C(COC(=O)c1cc(F)ccc1Br)NCC(=O)Nc1ccc(F)c(F)c1. The van der Waals surface area contributed by atoms with Gasteiger partial charge in [-0.05, 0) is 46.3 Å². The van der Waals surface area contributed by atoms with Gasteiger partial charge in [0, 0.05) is 16.2 Å². The zero-order valence-electron chi connectivity index (χ0n) is 13.5. The van der Waals surface area contributed by atoms with E-state index >= 15 is 0 Å². The molecule has 2 N–H and O–H groups in total. The van der Waals surface area contributed by atoms with Crippen LogP contribution in [0.4, 0.5) is 18.9 Å². The van der Waals surface area contributed by atoms with Gasteiger partial charge in [0.1, 0.15) is 5.82 Å². The fourth-order valence-corrected chi connectivity index (χ4v) is 2.28. The molecule has 0 bridgehead atoms. The van der Waals surface area contributed by atoms with Crippen LogP contribution in [0.5, 0.6) is 0 Å². The topological polar surface area (TPSA) is 84.5 Å². The van der Waals surface area contributed by atoms with Crippen molar-refractivity contribution in [2.24, 2.45) is 0 Å². The molecule has 27 heavy (non-hydrogen) atoms. The van der Waals surface area contributed by atoms with E-state index in [1.54, 1.807) is 0 Å².